The quantitative estimate of drug-likeness (QED) is 0.346. The van der Waals surface area contributed by atoms with E-state index in [-0.39, 0.29) is 0 Å². The maximum absolute atomic E-state index is 5.39. The number of aromatic nitrogens is 2. The highest BCUT2D eigenvalue weighted by Crippen LogP contribution is 2.21. The van der Waals surface area contributed by atoms with Crippen LogP contribution in [-0.4, -0.2) is 15.7 Å². The summed E-state index contributed by atoms with van der Waals surface area (Å²) in [4.78, 5) is 8.81. The van der Waals surface area contributed by atoms with E-state index in [9.17, 15) is 0 Å². The molecule has 1 aromatic heterocycles. The number of nitrogen functional groups attached to an aromatic ring is 1. The SMILES string of the molecule is CCCc1nc(NN)cc(SCC(C)C)n1. The highest BCUT2D eigenvalue weighted by atomic mass is 32.2. The third kappa shape index (κ3) is 4.37. The van der Waals surface area contributed by atoms with E-state index in [4.69, 9.17) is 5.84 Å². The first-order valence-corrected chi connectivity index (χ1v) is 6.61. The van der Waals surface area contributed by atoms with Crippen molar-refractivity contribution in [1.29, 1.82) is 0 Å². The molecule has 1 aromatic rings. The van der Waals surface area contributed by atoms with Crippen molar-refractivity contribution >= 4 is 17.6 Å². The Labute approximate surface area is 101 Å². The Balaban J connectivity index is 2.77. The summed E-state index contributed by atoms with van der Waals surface area (Å²) in [5, 5.41) is 1.00. The van der Waals surface area contributed by atoms with Gasteiger partial charge in [-0.1, -0.05) is 20.8 Å². The summed E-state index contributed by atoms with van der Waals surface area (Å²) in [6.07, 6.45) is 1.94. The number of nitrogens with one attached hydrogen (secondary N) is 1. The lowest BCUT2D eigenvalue weighted by atomic mass is 10.3. The summed E-state index contributed by atoms with van der Waals surface area (Å²) in [6.45, 7) is 6.51. The summed E-state index contributed by atoms with van der Waals surface area (Å²) in [5.41, 5.74) is 2.59. The van der Waals surface area contributed by atoms with Gasteiger partial charge in [-0.15, -0.1) is 11.8 Å². The van der Waals surface area contributed by atoms with Crippen LogP contribution in [0.4, 0.5) is 5.82 Å². The molecule has 0 unspecified atom stereocenters. The summed E-state index contributed by atoms with van der Waals surface area (Å²) in [7, 11) is 0. The summed E-state index contributed by atoms with van der Waals surface area (Å²) >= 11 is 1.75. The number of hydrogen-bond acceptors (Lipinski definition) is 5. The molecule has 0 saturated carbocycles. The van der Waals surface area contributed by atoms with Crippen LogP contribution in [0.1, 0.15) is 33.0 Å². The van der Waals surface area contributed by atoms with E-state index in [1.54, 1.807) is 11.8 Å². The molecule has 0 spiro atoms. The Kier molecular flexibility index (Phi) is 5.55. The fourth-order valence-electron chi connectivity index (χ4n) is 1.21. The summed E-state index contributed by atoms with van der Waals surface area (Å²) < 4.78 is 0. The molecule has 5 heteroatoms. The van der Waals surface area contributed by atoms with Gasteiger partial charge in [-0.2, -0.15) is 0 Å². The lowest BCUT2D eigenvalue weighted by molar-refractivity contribution is 0.747. The number of rotatable bonds is 6. The molecule has 4 nitrogen and oxygen atoms in total. The van der Waals surface area contributed by atoms with Crippen molar-refractivity contribution < 1.29 is 0 Å². The van der Waals surface area contributed by atoms with Gasteiger partial charge in [0.1, 0.15) is 16.7 Å². The third-order valence-electron chi connectivity index (χ3n) is 1.93. The summed E-state index contributed by atoms with van der Waals surface area (Å²) in [6, 6.07) is 1.90. The molecule has 0 bridgehead atoms. The minimum atomic E-state index is 0.656. The maximum Gasteiger partial charge on any atom is 0.144 e. The van der Waals surface area contributed by atoms with Crippen LogP contribution in [0, 0.1) is 5.92 Å². The smallest absolute Gasteiger partial charge is 0.144 e. The molecule has 3 N–H and O–H groups in total. The first-order valence-electron chi connectivity index (χ1n) is 5.63. The highest BCUT2D eigenvalue weighted by molar-refractivity contribution is 7.99. The average Bonchev–Trinajstić information content (AvgIpc) is 2.26. The third-order valence-corrected chi connectivity index (χ3v) is 3.27. The zero-order chi connectivity index (χ0) is 12.0. The summed E-state index contributed by atoms with van der Waals surface area (Å²) in [5.74, 6) is 8.67. The molecular formula is C11H20N4S. The van der Waals surface area contributed by atoms with E-state index < -0.39 is 0 Å². The second-order valence-electron chi connectivity index (χ2n) is 4.11. The topological polar surface area (TPSA) is 63.8 Å². The second kappa shape index (κ2) is 6.70. The number of thioether (sulfide) groups is 1. The molecule has 0 radical (unpaired) electrons. The fraction of sp³-hybridized carbons (Fsp3) is 0.636. The van der Waals surface area contributed by atoms with E-state index in [2.05, 4.69) is 36.2 Å². The van der Waals surface area contributed by atoms with Crippen molar-refractivity contribution in [2.24, 2.45) is 11.8 Å². The Bertz CT molecular complexity index is 328. The largest absolute Gasteiger partial charge is 0.308 e. The van der Waals surface area contributed by atoms with Crippen molar-refractivity contribution in [3.63, 3.8) is 0 Å². The molecular weight excluding hydrogens is 220 g/mol. The number of aryl methyl sites for hydroxylation is 1. The van der Waals surface area contributed by atoms with E-state index in [0.717, 1.165) is 29.4 Å². The lowest BCUT2D eigenvalue weighted by Crippen LogP contribution is -2.11. The van der Waals surface area contributed by atoms with E-state index in [0.29, 0.717) is 11.7 Å². The normalized spacial score (nSPS) is 10.8. The molecule has 0 saturated heterocycles. The highest BCUT2D eigenvalue weighted by Gasteiger charge is 2.05. The van der Waals surface area contributed by atoms with Gasteiger partial charge >= 0.3 is 0 Å². The molecule has 90 valence electrons. The first-order chi connectivity index (χ1) is 7.65. The number of hydrazine groups is 1. The van der Waals surface area contributed by atoms with Crippen LogP contribution in [-0.2, 0) is 6.42 Å². The van der Waals surface area contributed by atoms with Crippen LogP contribution in [0.15, 0.2) is 11.1 Å². The Morgan fingerprint density at radius 1 is 1.44 bits per heavy atom. The van der Waals surface area contributed by atoms with Crippen molar-refractivity contribution in [2.75, 3.05) is 11.2 Å². The van der Waals surface area contributed by atoms with E-state index in [1.807, 2.05) is 6.07 Å². The van der Waals surface area contributed by atoms with Crippen LogP contribution >= 0.6 is 11.8 Å². The van der Waals surface area contributed by atoms with Gasteiger partial charge in [-0.05, 0) is 12.3 Å². The molecule has 0 fully saturated rings. The van der Waals surface area contributed by atoms with Gasteiger partial charge in [0.05, 0.1) is 0 Å². The second-order valence-corrected chi connectivity index (χ2v) is 5.15. The molecule has 0 atom stereocenters. The Hall–Kier alpha value is -0.810. The fourth-order valence-corrected chi connectivity index (χ4v) is 2.08. The Morgan fingerprint density at radius 3 is 2.75 bits per heavy atom. The predicted molar refractivity (Wildman–Crippen MR) is 69.4 cm³/mol. The van der Waals surface area contributed by atoms with Gasteiger partial charge in [0.25, 0.3) is 0 Å². The van der Waals surface area contributed by atoms with Crippen LogP contribution in [0.25, 0.3) is 0 Å². The number of hydrogen-bond donors (Lipinski definition) is 2. The van der Waals surface area contributed by atoms with E-state index >= 15 is 0 Å². The molecule has 0 aliphatic rings. The monoisotopic (exact) mass is 240 g/mol. The lowest BCUT2D eigenvalue weighted by Gasteiger charge is -2.08. The first kappa shape index (κ1) is 13.3. The van der Waals surface area contributed by atoms with Crippen LogP contribution in [0.3, 0.4) is 0 Å². The molecule has 16 heavy (non-hydrogen) atoms. The molecule has 1 rings (SSSR count). The number of nitrogens with two attached hydrogens (primary N) is 1. The number of anilines is 1. The van der Waals surface area contributed by atoms with Gasteiger partial charge in [-0.25, -0.2) is 15.8 Å². The standard InChI is InChI=1S/C11H20N4S/c1-4-5-9-13-10(15-12)6-11(14-9)16-7-8(2)3/h6,8H,4-5,7,12H2,1-3H3,(H,13,14,15). The van der Waals surface area contributed by atoms with Gasteiger partial charge in [0, 0.05) is 18.2 Å². The van der Waals surface area contributed by atoms with Gasteiger partial charge in [0.15, 0.2) is 0 Å². The molecule has 0 aromatic carbocycles. The van der Waals surface area contributed by atoms with Crippen molar-refractivity contribution in [3.8, 4) is 0 Å². The number of nitrogens with zero attached hydrogens (tertiary/aromatic N) is 2. The van der Waals surface area contributed by atoms with Gasteiger partial charge in [-0.3, -0.25) is 0 Å². The van der Waals surface area contributed by atoms with Crippen molar-refractivity contribution in [2.45, 2.75) is 38.6 Å². The average molecular weight is 240 g/mol. The van der Waals surface area contributed by atoms with Crippen LogP contribution < -0.4 is 11.3 Å². The Morgan fingerprint density at radius 2 is 2.19 bits per heavy atom. The molecule has 1 heterocycles. The van der Waals surface area contributed by atoms with E-state index in [1.165, 1.54) is 0 Å². The zero-order valence-corrected chi connectivity index (χ0v) is 11.0. The minimum Gasteiger partial charge on any atom is -0.308 e. The molecule has 0 aliphatic carbocycles. The molecule has 0 aliphatic heterocycles. The minimum absolute atomic E-state index is 0.656. The predicted octanol–water partition coefficient (Wildman–Crippen LogP) is 2.46. The van der Waals surface area contributed by atoms with Gasteiger partial charge < -0.3 is 5.43 Å². The molecule has 0 amide bonds. The van der Waals surface area contributed by atoms with Crippen LogP contribution in [0.5, 0.6) is 0 Å². The van der Waals surface area contributed by atoms with Crippen molar-refractivity contribution in [1.82, 2.24) is 9.97 Å². The van der Waals surface area contributed by atoms with Crippen LogP contribution in [0.2, 0.25) is 0 Å². The maximum atomic E-state index is 5.39. The van der Waals surface area contributed by atoms with Gasteiger partial charge in [0.2, 0.25) is 0 Å². The van der Waals surface area contributed by atoms with Crippen molar-refractivity contribution in [3.05, 3.63) is 11.9 Å². The zero-order valence-electron chi connectivity index (χ0n) is 10.2.